The molecular formula is C25H48O4. The molecule has 0 fully saturated rings. The van der Waals surface area contributed by atoms with E-state index in [1.54, 1.807) is 0 Å². The number of allylic oxidation sites excluding steroid dienone is 2. The number of aliphatic carboxylic acids is 1. The maximum atomic E-state index is 11.2. The molecule has 4 nitrogen and oxygen atoms in total. The van der Waals surface area contributed by atoms with E-state index >= 15 is 0 Å². The highest BCUT2D eigenvalue weighted by Gasteiger charge is 2.20. The summed E-state index contributed by atoms with van der Waals surface area (Å²) < 4.78 is 0. The Morgan fingerprint density at radius 3 is 1.66 bits per heavy atom. The molecule has 2 unspecified atom stereocenters. The van der Waals surface area contributed by atoms with Crippen molar-refractivity contribution in [2.45, 2.75) is 129 Å². The molecule has 0 aromatic heterocycles. The summed E-state index contributed by atoms with van der Waals surface area (Å²) in [6.45, 7) is 1.90. The lowest BCUT2D eigenvalue weighted by molar-refractivity contribution is -0.143. The second-order valence-electron chi connectivity index (χ2n) is 8.54. The molecule has 0 rings (SSSR count). The maximum absolute atomic E-state index is 11.2. The highest BCUT2D eigenvalue weighted by Crippen LogP contribution is 2.18. The second kappa shape index (κ2) is 21.8. The van der Waals surface area contributed by atoms with Gasteiger partial charge >= 0.3 is 5.97 Å². The van der Waals surface area contributed by atoms with Gasteiger partial charge in [-0.1, -0.05) is 96.1 Å². The third kappa shape index (κ3) is 20.2. The van der Waals surface area contributed by atoms with Crippen LogP contribution in [-0.4, -0.2) is 34.0 Å². The van der Waals surface area contributed by atoms with Crippen LogP contribution in [0.25, 0.3) is 0 Å². The van der Waals surface area contributed by atoms with E-state index in [0.29, 0.717) is 6.42 Å². The van der Waals surface area contributed by atoms with Gasteiger partial charge in [-0.25, -0.2) is 0 Å². The monoisotopic (exact) mass is 412 g/mol. The average Bonchev–Trinajstić information content (AvgIpc) is 2.71. The Kier molecular flexibility index (Phi) is 21.2. The van der Waals surface area contributed by atoms with Gasteiger partial charge in [-0.05, 0) is 38.5 Å². The van der Waals surface area contributed by atoms with E-state index < -0.39 is 18.0 Å². The Balaban J connectivity index is 3.36. The minimum absolute atomic E-state index is 0.152. The third-order valence-corrected chi connectivity index (χ3v) is 5.68. The number of aliphatic hydroxyl groups excluding tert-OH is 2. The van der Waals surface area contributed by atoms with Crippen LogP contribution in [0.15, 0.2) is 12.2 Å². The predicted molar refractivity (Wildman–Crippen MR) is 122 cm³/mol. The summed E-state index contributed by atoms with van der Waals surface area (Å²) in [5.74, 6) is -1.40. The highest BCUT2D eigenvalue weighted by atomic mass is 16.4. The van der Waals surface area contributed by atoms with Crippen molar-refractivity contribution in [1.29, 1.82) is 0 Å². The fraction of sp³-hybridized carbons (Fsp3) is 0.880. The van der Waals surface area contributed by atoms with Crippen LogP contribution in [0.5, 0.6) is 0 Å². The zero-order valence-corrected chi connectivity index (χ0v) is 19.0. The van der Waals surface area contributed by atoms with E-state index in [1.807, 2.05) is 0 Å². The molecule has 0 saturated carbocycles. The summed E-state index contributed by atoms with van der Waals surface area (Å²) in [7, 11) is 0. The summed E-state index contributed by atoms with van der Waals surface area (Å²) in [4.78, 5) is 11.2. The largest absolute Gasteiger partial charge is 0.481 e. The van der Waals surface area contributed by atoms with E-state index in [-0.39, 0.29) is 13.0 Å². The third-order valence-electron chi connectivity index (χ3n) is 5.68. The number of rotatable bonds is 22. The van der Waals surface area contributed by atoms with Gasteiger partial charge in [0, 0.05) is 0 Å². The van der Waals surface area contributed by atoms with Gasteiger partial charge in [0.25, 0.3) is 0 Å². The van der Waals surface area contributed by atoms with Gasteiger partial charge in [0.05, 0.1) is 18.6 Å². The van der Waals surface area contributed by atoms with E-state index in [0.717, 1.165) is 19.3 Å². The first kappa shape index (κ1) is 28.1. The zero-order chi connectivity index (χ0) is 21.6. The minimum Gasteiger partial charge on any atom is -0.481 e. The fourth-order valence-electron chi connectivity index (χ4n) is 3.74. The number of hydrogen-bond donors (Lipinski definition) is 3. The van der Waals surface area contributed by atoms with E-state index in [1.165, 1.54) is 83.5 Å². The molecule has 29 heavy (non-hydrogen) atoms. The Bertz CT molecular complexity index is 381. The van der Waals surface area contributed by atoms with Gasteiger partial charge in [0.2, 0.25) is 0 Å². The second-order valence-corrected chi connectivity index (χ2v) is 8.54. The van der Waals surface area contributed by atoms with Crippen LogP contribution in [0.1, 0.15) is 122 Å². The molecule has 172 valence electrons. The van der Waals surface area contributed by atoms with Crippen LogP contribution < -0.4 is 0 Å². The zero-order valence-electron chi connectivity index (χ0n) is 19.0. The smallest absolute Gasteiger partial charge is 0.306 e. The number of carbonyl (C=O) groups is 1. The van der Waals surface area contributed by atoms with Crippen LogP contribution in [0.2, 0.25) is 0 Å². The van der Waals surface area contributed by atoms with Crippen LogP contribution in [0, 0.1) is 5.92 Å². The maximum Gasteiger partial charge on any atom is 0.306 e. The molecule has 0 spiro atoms. The number of carboxylic acids is 1. The molecule has 0 aliphatic carbocycles. The number of unbranched alkanes of at least 4 members (excludes halogenated alkanes) is 14. The van der Waals surface area contributed by atoms with Crippen molar-refractivity contribution in [2.24, 2.45) is 5.92 Å². The fourth-order valence-corrected chi connectivity index (χ4v) is 3.74. The standard InChI is InChI=1S/C25H48O4/c1-2-3-4-5-6-7-8-9-10-11-12-13-14-15-16-17-18-19-20-23(25(28)29)21-24(27)22-26/h9-10,23-24,26-27H,2-8,11-22H2,1H3,(H,28,29)/b10-9-. The highest BCUT2D eigenvalue weighted by molar-refractivity contribution is 5.69. The molecule has 0 amide bonds. The average molecular weight is 413 g/mol. The number of carboxylic acid groups (broad SMARTS) is 1. The van der Waals surface area contributed by atoms with Gasteiger partial charge in [-0.3, -0.25) is 4.79 Å². The predicted octanol–water partition coefficient (Wildman–Crippen LogP) is 6.64. The molecule has 0 aliphatic rings. The molecule has 0 saturated heterocycles. The Morgan fingerprint density at radius 2 is 1.21 bits per heavy atom. The molecule has 0 aromatic rings. The summed E-state index contributed by atoms with van der Waals surface area (Å²) in [6.07, 6.45) is 24.7. The van der Waals surface area contributed by atoms with Gasteiger partial charge < -0.3 is 15.3 Å². The summed E-state index contributed by atoms with van der Waals surface area (Å²) in [5.41, 5.74) is 0. The van der Waals surface area contributed by atoms with Gasteiger partial charge in [-0.15, -0.1) is 0 Å². The Morgan fingerprint density at radius 1 is 0.759 bits per heavy atom. The lowest BCUT2D eigenvalue weighted by atomic mass is 9.94. The first-order chi connectivity index (χ1) is 14.1. The molecule has 4 heteroatoms. The molecule has 3 N–H and O–H groups in total. The number of aliphatic hydroxyl groups is 2. The van der Waals surface area contributed by atoms with Crippen LogP contribution in [0.3, 0.4) is 0 Å². The van der Waals surface area contributed by atoms with Crippen molar-refractivity contribution >= 4 is 5.97 Å². The minimum atomic E-state index is -0.915. The Labute approximate surface area is 179 Å². The topological polar surface area (TPSA) is 77.8 Å². The molecular weight excluding hydrogens is 364 g/mol. The molecule has 2 atom stereocenters. The van der Waals surface area contributed by atoms with Crippen molar-refractivity contribution in [1.82, 2.24) is 0 Å². The molecule has 0 heterocycles. The van der Waals surface area contributed by atoms with Crippen LogP contribution in [-0.2, 0) is 4.79 Å². The van der Waals surface area contributed by atoms with Crippen molar-refractivity contribution in [3.05, 3.63) is 12.2 Å². The number of hydrogen-bond acceptors (Lipinski definition) is 3. The lowest BCUT2D eigenvalue weighted by Gasteiger charge is -2.15. The normalized spacial score (nSPS) is 13.8. The van der Waals surface area contributed by atoms with Gasteiger partial charge in [0.1, 0.15) is 0 Å². The summed E-state index contributed by atoms with van der Waals surface area (Å²) >= 11 is 0. The first-order valence-electron chi connectivity index (χ1n) is 12.3. The van der Waals surface area contributed by atoms with Gasteiger partial charge in [-0.2, -0.15) is 0 Å². The lowest BCUT2D eigenvalue weighted by Crippen LogP contribution is -2.23. The van der Waals surface area contributed by atoms with Crippen LogP contribution >= 0.6 is 0 Å². The van der Waals surface area contributed by atoms with Crippen molar-refractivity contribution in [2.75, 3.05) is 6.61 Å². The van der Waals surface area contributed by atoms with E-state index in [9.17, 15) is 9.90 Å². The summed E-state index contributed by atoms with van der Waals surface area (Å²) in [5, 5.41) is 27.4. The van der Waals surface area contributed by atoms with Crippen LogP contribution in [0.4, 0.5) is 0 Å². The van der Waals surface area contributed by atoms with Gasteiger partial charge in [0.15, 0.2) is 0 Å². The molecule has 0 aliphatic heterocycles. The van der Waals surface area contributed by atoms with Crippen molar-refractivity contribution < 1.29 is 20.1 Å². The molecule has 0 radical (unpaired) electrons. The van der Waals surface area contributed by atoms with Crippen molar-refractivity contribution in [3.63, 3.8) is 0 Å². The SMILES string of the molecule is CCCCCCCC/C=C\CCCCCCCCCCC(CC(O)CO)C(=O)O. The quantitative estimate of drug-likeness (QED) is 0.138. The molecule has 0 bridgehead atoms. The summed E-state index contributed by atoms with van der Waals surface area (Å²) in [6, 6.07) is 0. The van der Waals surface area contributed by atoms with Crippen molar-refractivity contribution in [3.8, 4) is 0 Å². The molecule has 0 aromatic carbocycles. The van der Waals surface area contributed by atoms with E-state index in [2.05, 4.69) is 19.1 Å². The van der Waals surface area contributed by atoms with E-state index in [4.69, 9.17) is 10.2 Å². The Hall–Kier alpha value is -0.870. The first-order valence-corrected chi connectivity index (χ1v) is 12.3.